The molecule has 4 nitrogen and oxygen atoms in total. The number of nitrogens with zero attached hydrogens (tertiary/aromatic N) is 4. The van der Waals surface area contributed by atoms with Crippen LogP contribution in [-0.4, -0.2) is 19.5 Å². The molecule has 10 aromatic rings. The summed E-state index contributed by atoms with van der Waals surface area (Å²) in [5.74, 6) is 1.09. The molecular weight excluding hydrogens is 669 g/mol. The maximum atomic E-state index is 9.29. The third kappa shape index (κ3) is 6.06. The second-order valence-corrected chi connectivity index (χ2v) is 13.4. The Morgan fingerprint density at radius 1 is 0.345 bits per heavy atom. The molecule has 0 spiro atoms. The van der Waals surface area contributed by atoms with Gasteiger partial charge in [-0.15, -0.1) is 0 Å². The Morgan fingerprint density at radius 3 is 1.56 bits per heavy atom. The van der Waals surface area contributed by atoms with Crippen LogP contribution in [0, 0.1) is 0 Å². The molecule has 2 aromatic heterocycles. The molecule has 4 heteroatoms. The molecule has 0 bridgehead atoms. The molecule has 0 amide bonds. The first-order valence-corrected chi connectivity index (χ1v) is 18.2. The van der Waals surface area contributed by atoms with Gasteiger partial charge in [0.05, 0.1) is 16.5 Å². The minimum absolute atomic E-state index is 0.122. The summed E-state index contributed by atoms with van der Waals surface area (Å²) < 4.78 is 37.7. The van der Waals surface area contributed by atoms with E-state index in [9.17, 15) is 1.37 Å². The molecule has 0 radical (unpaired) electrons. The fraction of sp³-hybridized carbons (Fsp3) is 0. The predicted molar refractivity (Wildman–Crippen MR) is 227 cm³/mol. The lowest BCUT2D eigenvalue weighted by Crippen LogP contribution is -2.06. The van der Waals surface area contributed by atoms with Crippen molar-refractivity contribution in [2.45, 2.75) is 0 Å². The summed E-state index contributed by atoms with van der Waals surface area (Å²) in [5, 5.41) is 1.06. The summed E-state index contributed by atoms with van der Waals surface area (Å²) in [6, 6.07) is 60.1. The van der Waals surface area contributed by atoms with Gasteiger partial charge in [-0.05, 0) is 62.7 Å². The zero-order chi connectivity index (χ0) is 40.0. The van der Waals surface area contributed by atoms with Crippen LogP contribution < -0.4 is 0 Å². The number of fused-ring (bicyclic) bond motifs is 3. The second-order valence-electron chi connectivity index (χ2n) is 13.4. The highest BCUT2D eigenvalue weighted by Crippen LogP contribution is 2.38. The van der Waals surface area contributed by atoms with Gasteiger partial charge in [-0.25, -0.2) is 4.98 Å². The van der Waals surface area contributed by atoms with Crippen LogP contribution >= 0.6 is 0 Å². The Bertz CT molecular complexity index is 3190. The highest BCUT2D eigenvalue weighted by molar-refractivity contribution is 6.10. The molecule has 0 aliphatic carbocycles. The fourth-order valence-electron chi connectivity index (χ4n) is 7.33. The lowest BCUT2D eigenvalue weighted by molar-refractivity contribution is 0.953. The van der Waals surface area contributed by atoms with Gasteiger partial charge in [-0.3, -0.25) is 4.57 Å². The van der Waals surface area contributed by atoms with E-state index in [0.717, 1.165) is 55.6 Å². The van der Waals surface area contributed by atoms with Crippen molar-refractivity contribution in [3.8, 4) is 73.2 Å². The Morgan fingerprint density at radius 2 is 0.855 bits per heavy atom. The lowest BCUT2D eigenvalue weighted by atomic mass is 9.94. The van der Waals surface area contributed by atoms with Crippen molar-refractivity contribution in [3.63, 3.8) is 0 Å². The maximum Gasteiger partial charge on any atom is 0.238 e. The first-order chi connectivity index (χ1) is 28.9. The fourth-order valence-corrected chi connectivity index (χ4v) is 7.33. The van der Waals surface area contributed by atoms with E-state index in [4.69, 9.17) is 19.1 Å². The summed E-state index contributed by atoms with van der Waals surface area (Å²) in [7, 11) is 0. The van der Waals surface area contributed by atoms with E-state index in [1.807, 2.05) is 109 Å². The van der Waals surface area contributed by atoms with Crippen molar-refractivity contribution < 1.29 is 5.48 Å². The van der Waals surface area contributed by atoms with E-state index in [2.05, 4.69) is 72.8 Å². The van der Waals surface area contributed by atoms with Gasteiger partial charge in [0.15, 0.2) is 11.6 Å². The molecule has 2 heterocycles. The van der Waals surface area contributed by atoms with E-state index in [0.29, 0.717) is 33.5 Å². The maximum absolute atomic E-state index is 9.29. The number of rotatable bonds is 7. The van der Waals surface area contributed by atoms with Gasteiger partial charge in [0.2, 0.25) is 5.95 Å². The minimum atomic E-state index is -0.331. The van der Waals surface area contributed by atoms with Crippen LogP contribution in [0.5, 0.6) is 0 Å². The molecule has 0 saturated carbocycles. The van der Waals surface area contributed by atoms with Crippen LogP contribution in [0.15, 0.2) is 206 Å². The van der Waals surface area contributed by atoms with Crippen molar-refractivity contribution >= 4 is 21.8 Å². The van der Waals surface area contributed by atoms with E-state index in [1.165, 1.54) is 0 Å². The second kappa shape index (κ2) is 13.8. The summed E-state index contributed by atoms with van der Waals surface area (Å²) in [6.45, 7) is 0. The molecule has 0 atom stereocenters. The SMILES string of the molecule is [2H]c1c([2H])c([2H])c2c(c1[2H])c1ccc(-c3ccccc3-c3ccccc3)cc1n2-c1nc(-c2ccc(-c3ccccc3)cc2)nc(-c2cccc(-c3ccccc3)c2)n1. The van der Waals surface area contributed by atoms with Gasteiger partial charge in [0, 0.05) is 21.9 Å². The number of benzene rings is 8. The molecule has 0 unspecified atom stereocenters. The van der Waals surface area contributed by atoms with Crippen molar-refractivity contribution in [2.75, 3.05) is 0 Å². The topological polar surface area (TPSA) is 43.6 Å². The number of hydrogen-bond donors (Lipinski definition) is 0. The number of hydrogen-bond acceptors (Lipinski definition) is 3. The molecule has 0 saturated heterocycles. The average Bonchev–Trinajstić information content (AvgIpc) is 3.66. The van der Waals surface area contributed by atoms with Gasteiger partial charge < -0.3 is 0 Å². The van der Waals surface area contributed by atoms with E-state index < -0.39 is 0 Å². The first-order valence-electron chi connectivity index (χ1n) is 20.2. The van der Waals surface area contributed by atoms with Gasteiger partial charge in [0.25, 0.3) is 0 Å². The van der Waals surface area contributed by atoms with Crippen LogP contribution in [0.2, 0.25) is 0 Å². The summed E-state index contributed by atoms with van der Waals surface area (Å²) in [4.78, 5) is 15.4. The summed E-state index contributed by atoms with van der Waals surface area (Å²) >= 11 is 0. The Labute approximate surface area is 325 Å². The lowest BCUT2D eigenvalue weighted by Gasteiger charge is -2.13. The van der Waals surface area contributed by atoms with Crippen molar-refractivity contribution in [3.05, 3.63) is 206 Å². The van der Waals surface area contributed by atoms with Crippen LogP contribution in [0.1, 0.15) is 5.48 Å². The van der Waals surface area contributed by atoms with Crippen LogP contribution in [0.25, 0.3) is 95.0 Å². The molecule has 0 N–H and O–H groups in total. The van der Waals surface area contributed by atoms with Gasteiger partial charge in [-0.1, -0.05) is 188 Å². The predicted octanol–water partition coefficient (Wildman–Crippen LogP) is 13.0. The van der Waals surface area contributed by atoms with Crippen molar-refractivity contribution in [1.29, 1.82) is 0 Å². The van der Waals surface area contributed by atoms with E-state index >= 15 is 0 Å². The Kier molecular flexibility index (Phi) is 7.08. The van der Waals surface area contributed by atoms with Crippen molar-refractivity contribution in [2.24, 2.45) is 0 Å². The smallest absolute Gasteiger partial charge is 0.238 e. The molecule has 0 aliphatic heterocycles. The average molecular weight is 707 g/mol. The highest BCUT2D eigenvalue weighted by Gasteiger charge is 2.19. The van der Waals surface area contributed by atoms with E-state index in [-0.39, 0.29) is 30.1 Å². The normalized spacial score (nSPS) is 12.3. The third-order valence-corrected chi connectivity index (χ3v) is 10.0. The molecule has 0 aliphatic rings. The van der Waals surface area contributed by atoms with Gasteiger partial charge in [0.1, 0.15) is 0 Å². The summed E-state index contributed by atoms with van der Waals surface area (Å²) in [5.41, 5.74) is 10.8. The number of aromatic nitrogens is 4. The van der Waals surface area contributed by atoms with Crippen LogP contribution in [-0.2, 0) is 0 Å². The quantitative estimate of drug-likeness (QED) is 0.166. The molecule has 258 valence electrons. The molecule has 55 heavy (non-hydrogen) atoms. The Hall–Kier alpha value is -7.43. The molecule has 8 aromatic carbocycles. The molecule has 0 fully saturated rings. The zero-order valence-electron chi connectivity index (χ0n) is 33.6. The third-order valence-electron chi connectivity index (χ3n) is 10.0. The first kappa shape index (κ1) is 28.1. The molecule has 10 rings (SSSR count). The number of para-hydroxylation sites is 1. The summed E-state index contributed by atoms with van der Waals surface area (Å²) in [6.07, 6.45) is 0. The largest absolute Gasteiger partial charge is 0.278 e. The van der Waals surface area contributed by atoms with Gasteiger partial charge >= 0.3 is 0 Å². The zero-order valence-corrected chi connectivity index (χ0v) is 29.6. The monoisotopic (exact) mass is 706 g/mol. The van der Waals surface area contributed by atoms with Gasteiger partial charge in [-0.2, -0.15) is 9.97 Å². The minimum Gasteiger partial charge on any atom is -0.278 e. The van der Waals surface area contributed by atoms with E-state index in [1.54, 1.807) is 4.57 Å². The molecular formula is C51H34N4. The van der Waals surface area contributed by atoms with Crippen molar-refractivity contribution in [1.82, 2.24) is 19.5 Å². The van der Waals surface area contributed by atoms with Crippen LogP contribution in [0.3, 0.4) is 0 Å². The Balaban J connectivity index is 1.25. The highest BCUT2D eigenvalue weighted by atomic mass is 15.2. The van der Waals surface area contributed by atoms with Crippen LogP contribution in [0.4, 0.5) is 0 Å². The standard InChI is InChI=1S/C51H34N4/c1-4-15-35(16-5-1)37-27-29-39(30-28-37)49-52-50(42-22-14-21-40(33-42)36-17-6-2-7-18-36)54-51(53-49)55-47-26-13-12-25-45(47)46-32-31-41(34-48(46)55)44-24-11-10-23-43(44)38-19-8-3-9-20-38/h1-34H/i12D,13D,25D,26D.